The number of rotatable bonds is 5. The Labute approximate surface area is 120 Å². The Morgan fingerprint density at radius 1 is 1.25 bits per heavy atom. The summed E-state index contributed by atoms with van der Waals surface area (Å²) >= 11 is 0. The van der Waals surface area contributed by atoms with Gasteiger partial charge in [0.05, 0.1) is 11.4 Å². The van der Waals surface area contributed by atoms with E-state index < -0.39 is 10.0 Å². The Morgan fingerprint density at radius 2 is 1.85 bits per heavy atom. The molecule has 112 valence electrons. The minimum atomic E-state index is -3.24. The van der Waals surface area contributed by atoms with Gasteiger partial charge in [0, 0.05) is 13.1 Å². The van der Waals surface area contributed by atoms with Gasteiger partial charge >= 0.3 is 0 Å². The van der Waals surface area contributed by atoms with Crippen LogP contribution in [0.15, 0.2) is 24.3 Å². The third-order valence-electron chi connectivity index (χ3n) is 3.87. The molecule has 0 spiro atoms. The van der Waals surface area contributed by atoms with Crippen LogP contribution >= 0.6 is 0 Å². The third-order valence-corrected chi connectivity index (χ3v) is 5.63. The van der Waals surface area contributed by atoms with Crippen molar-refractivity contribution in [2.24, 2.45) is 11.8 Å². The Hall–Kier alpha value is -1.27. The molecule has 1 aliphatic heterocycles. The topological polar surface area (TPSA) is 72.6 Å². The molecule has 1 heterocycles. The van der Waals surface area contributed by atoms with Gasteiger partial charge in [0.2, 0.25) is 10.0 Å². The van der Waals surface area contributed by atoms with Crippen LogP contribution in [0.25, 0.3) is 0 Å². The molecule has 2 unspecified atom stereocenters. The highest BCUT2D eigenvalue weighted by Crippen LogP contribution is 2.25. The van der Waals surface area contributed by atoms with E-state index in [2.05, 4.69) is 13.8 Å². The zero-order valence-electron chi connectivity index (χ0n) is 12.0. The number of para-hydroxylation sites is 2. The number of sulfonamides is 1. The van der Waals surface area contributed by atoms with Crippen LogP contribution in [0.1, 0.15) is 13.8 Å². The van der Waals surface area contributed by atoms with E-state index >= 15 is 0 Å². The van der Waals surface area contributed by atoms with E-state index in [0.717, 1.165) is 0 Å². The zero-order valence-corrected chi connectivity index (χ0v) is 12.8. The summed E-state index contributed by atoms with van der Waals surface area (Å²) in [6, 6.07) is 7.09. The van der Waals surface area contributed by atoms with Gasteiger partial charge in [0.15, 0.2) is 0 Å². The van der Waals surface area contributed by atoms with Crippen LogP contribution in [0.5, 0.6) is 5.75 Å². The molecule has 2 rings (SSSR count). The molecule has 1 saturated heterocycles. The smallest absolute Gasteiger partial charge is 0.217 e. The average molecular weight is 298 g/mol. The highest BCUT2D eigenvalue weighted by atomic mass is 32.2. The van der Waals surface area contributed by atoms with Crippen LogP contribution in [0.3, 0.4) is 0 Å². The number of anilines is 1. The molecular weight excluding hydrogens is 276 g/mol. The number of nitrogen functional groups attached to an aromatic ring is 1. The molecule has 2 atom stereocenters. The molecule has 0 amide bonds. The number of hydrogen-bond donors (Lipinski definition) is 1. The third kappa shape index (κ3) is 3.43. The van der Waals surface area contributed by atoms with Crippen molar-refractivity contribution in [3.8, 4) is 5.75 Å². The molecule has 1 aliphatic rings. The van der Waals surface area contributed by atoms with Gasteiger partial charge in [-0.05, 0) is 24.0 Å². The lowest BCUT2D eigenvalue weighted by Gasteiger charge is -2.16. The first kappa shape index (κ1) is 15.1. The molecule has 0 radical (unpaired) electrons. The predicted octanol–water partition coefficient (Wildman–Crippen LogP) is 1.57. The van der Waals surface area contributed by atoms with Crippen molar-refractivity contribution >= 4 is 15.7 Å². The summed E-state index contributed by atoms with van der Waals surface area (Å²) in [4.78, 5) is 0. The average Bonchev–Trinajstić information content (AvgIpc) is 2.73. The largest absolute Gasteiger partial charge is 0.490 e. The van der Waals surface area contributed by atoms with Gasteiger partial charge in [0.25, 0.3) is 0 Å². The van der Waals surface area contributed by atoms with Crippen LogP contribution in [-0.2, 0) is 10.0 Å². The standard InChI is InChI=1S/C14H22N2O3S/c1-11-9-16(10-12(11)2)20(17,18)8-7-19-14-6-4-3-5-13(14)15/h3-6,11-12H,7-10,15H2,1-2H3. The summed E-state index contributed by atoms with van der Waals surface area (Å²) in [5.41, 5.74) is 6.27. The van der Waals surface area contributed by atoms with Crippen molar-refractivity contribution in [3.63, 3.8) is 0 Å². The molecule has 20 heavy (non-hydrogen) atoms. The molecule has 0 aliphatic carbocycles. The van der Waals surface area contributed by atoms with E-state index in [9.17, 15) is 8.42 Å². The van der Waals surface area contributed by atoms with Crippen LogP contribution in [0.2, 0.25) is 0 Å². The summed E-state index contributed by atoms with van der Waals surface area (Å²) in [6.45, 7) is 5.51. The van der Waals surface area contributed by atoms with Crippen molar-refractivity contribution in [1.29, 1.82) is 0 Å². The molecule has 0 bridgehead atoms. The molecule has 6 heteroatoms. The van der Waals surface area contributed by atoms with Crippen LogP contribution in [0, 0.1) is 11.8 Å². The molecular formula is C14H22N2O3S. The maximum Gasteiger partial charge on any atom is 0.217 e. The Kier molecular flexibility index (Phi) is 4.55. The summed E-state index contributed by atoms with van der Waals surface area (Å²) in [5.74, 6) is 1.35. The van der Waals surface area contributed by atoms with Gasteiger partial charge in [-0.2, -0.15) is 0 Å². The van der Waals surface area contributed by atoms with E-state index in [-0.39, 0.29) is 12.4 Å². The molecule has 2 N–H and O–H groups in total. The highest BCUT2D eigenvalue weighted by molar-refractivity contribution is 7.89. The summed E-state index contributed by atoms with van der Waals surface area (Å²) in [5, 5.41) is 0. The van der Waals surface area contributed by atoms with Gasteiger partial charge < -0.3 is 10.5 Å². The number of hydrogen-bond acceptors (Lipinski definition) is 4. The Morgan fingerprint density at radius 3 is 2.45 bits per heavy atom. The van der Waals surface area contributed by atoms with Crippen LogP contribution in [-0.4, -0.2) is 38.2 Å². The van der Waals surface area contributed by atoms with Crippen LogP contribution < -0.4 is 10.5 Å². The lowest BCUT2D eigenvalue weighted by molar-refractivity contribution is 0.338. The van der Waals surface area contributed by atoms with E-state index in [4.69, 9.17) is 10.5 Å². The predicted molar refractivity (Wildman–Crippen MR) is 80.0 cm³/mol. The monoisotopic (exact) mass is 298 g/mol. The van der Waals surface area contributed by atoms with Gasteiger partial charge in [-0.15, -0.1) is 0 Å². The molecule has 1 aromatic rings. The fraction of sp³-hybridized carbons (Fsp3) is 0.571. The second-order valence-electron chi connectivity index (χ2n) is 5.47. The minimum absolute atomic E-state index is 0.0131. The molecule has 5 nitrogen and oxygen atoms in total. The van der Waals surface area contributed by atoms with Crippen molar-refractivity contribution in [3.05, 3.63) is 24.3 Å². The number of ether oxygens (including phenoxy) is 1. The second-order valence-corrected chi connectivity index (χ2v) is 7.56. The Bertz CT molecular complexity index is 549. The lowest BCUT2D eigenvalue weighted by atomic mass is 10.0. The van der Waals surface area contributed by atoms with Gasteiger partial charge in [-0.25, -0.2) is 12.7 Å². The van der Waals surface area contributed by atoms with Crippen molar-refractivity contribution < 1.29 is 13.2 Å². The maximum atomic E-state index is 12.2. The summed E-state index contributed by atoms with van der Waals surface area (Å²) in [6.07, 6.45) is 0. The summed E-state index contributed by atoms with van der Waals surface area (Å²) < 4.78 is 31.5. The van der Waals surface area contributed by atoms with Gasteiger partial charge in [-0.3, -0.25) is 0 Å². The Balaban J connectivity index is 1.89. The second kappa shape index (κ2) is 6.01. The maximum absolute atomic E-state index is 12.2. The summed E-state index contributed by atoms with van der Waals surface area (Å²) in [7, 11) is -3.24. The fourth-order valence-corrected chi connectivity index (χ4v) is 3.78. The minimum Gasteiger partial charge on any atom is -0.490 e. The van der Waals surface area contributed by atoms with Crippen LogP contribution in [0.4, 0.5) is 5.69 Å². The zero-order chi connectivity index (χ0) is 14.8. The normalized spacial score (nSPS) is 23.9. The SMILES string of the molecule is CC1CN(S(=O)(=O)CCOc2ccccc2N)CC1C. The first-order valence-electron chi connectivity index (χ1n) is 6.85. The van der Waals surface area contributed by atoms with E-state index in [1.165, 1.54) is 0 Å². The highest BCUT2D eigenvalue weighted by Gasteiger charge is 2.33. The number of nitrogens with two attached hydrogens (primary N) is 1. The van der Waals surface area contributed by atoms with Crippen molar-refractivity contribution in [1.82, 2.24) is 4.31 Å². The molecule has 0 aromatic heterocycles. The molecule has 1 fully saturated rings. The lowest BCUT2D eigenvalue weighted by Crippen LogP contribution is -2.33. The van der Waals surface area contributed by atoms with E-state index in [1.54, 1.807) is 16.4 Å². The van der Waals surface area contributed by atoms with Gasteiger partial charge in [-0.1, -0.05) is 26.0 Å². The first-order valence-corrected chi connectivity index (χ1v) is 8.46. The number of nitrogens with zero attached hydrogens (tertiary/aromatic N) is 1. The quantitative estimate of drug-likeness (QED) is 0.837. The van der Waals surface area contributed by atoms with E-state index in [0.29, 0.717) is 36.4 Å². The van der Waals surface area contributed by atoms with E-state index in [1.807, 2.05) is 12.1 Å². The molecule has 1 aromatic carbocycles. The fourth-order valence-electron chi connectivity index (χ4n) is 2.30. The van der Waals surface area contributed by atoms with Crippen molar-refractivity contribution in [2.45, 2.75) is 13.8 Å². The number of benzene rings is 1. The first-order chi connectivity index (χ1) is 9.40. The van der Waals surface area contributed by atoms with Crippen molar-refractivity contribution in [2.75, 3.05) is 31.2 Å². The molecule has 0 saturated carbocycles. The van der Waals surface area contributed by atoms with Gasteiger partial charge in [0.1, 0.15) is 12.4 Å².